The number of thiazole rings is 1. The van der Waals surface area contributed by atoms with Crippen LogP contribution in [0.4, 0.5) is 0 Å². The van der Waals surface area contributed by atoms with Gasteiger partial charge >= 0.3 is 0 Å². The number of halogens is 1. The molecule has 2 aromatic heterocycles. The Morgan fingerprint density at radius 1 is 1.69 bits per heavy atom. The third kappa shape index (κ3) is 1.42. The summed E-state index contributed by atoms with van der Waals surface area (Å²) >= 11 is 4.43. The minimum Gasteiger partial charge on any atom is -0.366 e. The van der Waals surface area contributed by atoms with Gasteiger partial charge in [-0.3, -0.25) is 4.79 Å². The van der Waals surface area contributed by atoms with E-state index in [-0.39, 0.29) is 0 Å². The molecule has 1 amide bonds. The van der Waals surface area contributed by atoms with Crippen molar-refractivity contribution in [3.63, 3.8) is 0 Å². The third-order valence-corrected chi connectivity index (χ3v) is 2.56. The van der Waals surface area contributed by atoms with Gasteiger partial charge in [-0.1, -0.05) is 11.3 Å². The van der Waals surface area contributed by atoms with E-state index in [2.05, 4.69) is 31.4 Å². The van der Waals surface area contributed by atoms with Gasteiger partial charge in [0.05, 0.1) is 5.56 Å². The van der Waals surface area contributed by atoms with Crippen molar-refractivity contribution >= 4 is 43.5 Å². The fourth-order valence-corrected chi connectivity index (χ4v) is 2.11. The highest BCUT2D eigenvalue weighted by Gasteiger charge is 2.11. The number of nitrogens with zero attached hydrogens (tertiary/aromatic N) is 2. The Balaban J connectivity index is 2.84. The van der Waals surface area contributed by atoms with Gasteiger partial charge in [0.2, 0.25) is 0 Å². The zero-order chi connectivity index (χ0) is 9.42. The van der Waals surface area contributed by atoms with Crippen LogP contribution in [0.2, 0.25) is 0 Å². The molecule has 4 nitrogen and oxygen atoms in total. The fraction of sp³-hybridized carbons (Fsp3) is 0. The molecule has 13 heavy (non-hydrogen) atoms. The Hall–Kier alpha value is -1.01. The van der Waals surface area contributed by atoms with Gasteiger partial charge in [0.1, 0.15) is 15.0 Å². The van der Waals surface area contributed by atoms with Crippen molar-refractivity contribution in [3.8, 4) is 0 Å². The number of aromatic nitrogens is 2. The highest BCUT2D eigenvalue weighted by molar-refractivity contribution is 9.10. The first-order valence-corrected chi connectivity index (χ1v) is 4.92. The number of hydrogen-bond acceptors (Lipinski definition) is 4. The van der Waals surface area contributed by atoms with Crippen LogP contribution in [-0.2, 0) is 0 Å². The van der Waals surface area contributed by atoms with Crippen molar-refractivity contribution in [2.45, 2.75) is 0 Å². The summed E-state index contributed by atoms with van der Waals surface area (Å²) < 4.78 is 0.575. The minimum absolute atomic E-state index is 0.370. The van der Waals surface area contributed by atoms with Crippen LogP contribution in [0, 0.1) is 5.51 Å². The van der Waals surface area contributed by atoms with E-state index < -0.39 is 5.91 Å². The van der Waals surface area contributed by atoms with E-state index in [1.54, 1.807) is 6.07 Å². The predicted octanol–water partition coefficient (Wildman–Crippen LogP) is 1.35. The second kappa shape index (κ2) is 3.04. The molecule has 0 bridgehead atoms. The van der Waals surface area contributed by atoms with Gasteiger partial charge < -0.3 is 5.73 Å². The number of fused-ring (bicyclic) bond motifs is 1. The number of carbonyl (C=O) groups is 1. The Kier molecular flexibility index (Phi) is 2.01. The molecule has 2 heterocycles. The van der Waals surface area contributed by atoms with Crippen molar-refractivity contribution in [2.24, 2.45) is 5.73 Å². The number of primary amides is 1. The molecule has 65 valence electrons. The van der Waals surface area contributed by atoms with Crippen LogP contribution in [0.5, 0.6) is 0 Å². The van der Waals surface area contributed by atoms with Crippen molar-refractivity contribution in [1.29, 1.82) is 0 Å². The lowest BCUT2D eigenvalue weighted by molar-refractivity contribution is 0.100. The topological polar surface area (TPSA) is 68.9 Å². The average molecular weight is 257 g/mol. The number of pyridine rings is 1. The molecular weight excluding hydrogens is 254 g/mol. The molecule has 0 saturated carbocycles. The summed E-state index contributed by atoms with van der Waals surface area (Å²) in [6.07, 6.45) is 0. The molecule has 0 atom stereocenters. The first-order chi connectivity index (χ1) is 6.18. The maximum absolute atomic E-state index is 11.0. The van der Waals surface area contributed by atoms with Crippen molar-refractivity contribution in [1.82, 2.24) is 9.97 Å². The number of carbonyl (C=O) groups excluding carboxylic acids is 1. The quantitative estimate of drug-likeness (QED) is 0.784. The van der Waals surface area contributed by atoms with Gasteiger partial charge in [0.25, 0.3) is 5.91 Å². The Morgan fingerprint density at radius 2 is 2.46 bits per heavy atom. The molecule has 1 radical (unpaired) electrons. The molecule has 6 heteroatoms. The fourth-order valence-electron chi connectivity index (χ4n) is 0.964. The van der Waals surface area contributed by atoms with E-state index in [9.17, 15) is 4.79 Å². The summed E-state index contributed by atoms with van der Waals surface area (Å²) in [6, 6.07) is 1.55. The molecule has 0 unspecified atom stereocenters. The zero-order valence-electron chi connectivity index (χ0n) is 6.24. The number of nitrogens with two attached hydrogens (primary N) is 1. The van der Waals surface area contributed by atoms with Crippen LogP contribution < -0.4 is 5.73 Å². The van der Waals surface area contributed by atoms with Crippen LogP contribution in [0.15, 0.2) is 10.7 Å². The summed E-state index contributed by atoms with van der Waals surface area (Å²) in [4.78, 5) is 19.6. The van der Waals surface area contributed by atoms with Crippen molar-refractivity contribution in [3.05, 3.63) is 21.7 Å². The van der Waals surface area contributed by atoms with Crippen LogP contribution in [0.3, 0.4) is 0 Å². The standard InChI is InChI=1S/C7H3BrN3OS/c8-4-1-3(6(9)12)5-7(11-4)13-2-10-5/h1H,(H2,9,12). The predicted molar refractivity (Wildman–Crippen MR) is 52.5 cm³/mol. The smallest absolute Gasteiger partial charge is 0.251 e. The third-order valence-electron chi connectivity index (χ3n) is 1.49. The SMILES string of the molecule is NC(=O)c1cc(Br)nc2s[c]nc12. The van der Waals surface area contributed by atoms with Crippen molar-refractivity contribution in [2.75, 3.05) is 0 Å². The summed E-state index contributed by atoms with van der Waals surface area (Å²) in [7, 11) is 0. The van der Waals surface area contributed by atoms with Crippen LogP contribution in [0.1, 0.15) is 10.4 Å². The molecule has 0 saturated heterocycles. The first kappa shape index (κ1) is 8.58. The lowest BCUT2D eigenvalue weighted by Crippen LogP contribution is -2.11. The van der Waals surface area contributed by atoms with E-state index in [1.807, 2.05) is 0 Å². The van der Waals surface area contributed by atoms with E-state index in [4.69, 9.17) is 5.73 Å². The Labute approximate surface area is 85.9 Å². The van der Waals surface area contributed by atoms with Crippen molar-refractivity contribution < 1.29 is 4.79 Å². The van der Waals surface area contributed by atoms with E-state index in [0.29, 0.717) is 20.5 Å². The lowest BCUT2D eigenvalue weighted by Gasteiger charge is -1.96. The molecule has 0 spiro atoms. The van der Waals surface area contributed by atoms with Gasteiger partial charge in [-0.2, -0.15) is 0 Å². The minimum atomic E-state index is -0.507. The molecular formula is C7H3BrN3OS. The maximum Gasteiger partial charge on any atom is 0.251 e. The number of amides is 1. The summed E-state index contributed by atoms with van der Waals surface area (Å²) in [5, 5.41) is 0. The molecule has 0 fully saturated rings. The van der Waals surface area contributed by atoms with Gasteiger partial charge in [-0.05, 0) is 22.0 Å². The summed E-state index contributed by atoms with van der Waals surface area (Å²) in [5.74, 6) is -0.507. The molecule has 2 aromatic rings. The zero-order valence-corrected chi connectivity index (χ0v) is 8.65. The molecule has 0 aromatic carbocycles. The molecule has 2 N–H and O–H groups in total. The Bertz CT molecular complexity index is 482. The van der Waals surface area contributed by atoms with E-state index in [0.717, 1.165) is 0 Å². The lowest BCUT2D eigenvalue weighted by atomic mass is 10.2. The highest BCUT2D eigenvalue weighted by atomic mass is 79.9. The van der Waals surface area contributed by atoms with Gasteiger partial charge in [-0.25, -0.2) is 9.97 Å². The largest absolute Gasteiger partial charge is 0.366 e. The second-order valence-electron chi connectivity index (χ2n) is 2.32. The van der Waals surface area contributed by atoms with Crippen LogP contribution in [0.25, 0.3) is 10.3 Å². The average Bonchev–Trinajstić information content (AvgIpc) is 2.49. The summed E-state index contributed by atoms with van der Waals surface area (Å²) in [5.41, 5.74) is 8.72. The van der Waals surface area contributed by atoms with Gasteiger partial charge in [-0.15, -0.1) is 0 Å². The molecule has 0 aliphatic heterocycles. The Morgan fingerprint density at radius 3 is 3.15 bits per heavy atom. The van der Waals surface area contributed by atoms with E-state index in [1.165, 1.54) is 11.3 Å². The normalized spacial score (nSPS) is 10.5. The van der Waals surface area contributed by atoms with Gasteiger partial charge in [0, 0.05) is 0 Å². The van der Waals surface area contributed by atoms with Crippen LogP contribution in [-0.4, -0.2) is 15.9 Å². The van der Waals surface area contributed by atoms with Gasteiger partial charge in [0.15, 0.2) is 5.51 Å². The molecule has 0 aliphatic carbocycles. The second-order valence-corrected chi connectivity index (χ2v) is 3.90. The number of hydrogen-bond donors (Lipinski definition) is 1. The number of rotatable bonds is 1. The first-order valence-electron chi connectivity index (χ1n) is 3.31. The molecule has 0 aliphatic rings. The maximum atomic E-state index is 11.0. The summed E-state index contributed by atoms with van der Waals surface area (Å²) in [6.45, 7) is 0. The van der Waals surface area contributed by atoms with E-state index >= 15 is 0 Å². The monoisotopic (exact) mass is 256 g/mol. The molecule has 2 rings (SSSR count). The highest BCUT2D eigenvalue weighted by Crippen LogP contribution is 2.22. The van der Waals surface area contributed by atoms with Crippen LogP contribution >= 0.6 is 27.3 Å².